The number of nitrogens with zero attached hydrogens (tertiary/aromatic N) is 5. The van der Waals surface area contributed by atoms with Crippen molar-refractivity contribution in [2.75, 3.05) is 19.8 Å². The van der Waals surface area contributed by atoms with Crippen molar-refractivity contribution in [3.63, 3.8) is 0 Å². The summed E-state index contributed by atoms with van der Waals surface area (Å²) >= 11 is 0. The van der Waals surface area contributed by atoms with Crippen molar-refractivity contribution in [2.45, 2.75) is 89.4 Å². The summed E-state index contributed by atoms with van der Waals surface area (Å²) in [6.07, 6.45) is 7.11. The maximum atomic E-state index is 15.5. The van der Waals surface area contributed by atoms with Crippen molar-refractivity contribution in [3.05, 3.63) is 200 Å². The Morgan fingerprint density at radius 1 is 0.855 bits per heavy atom. The first-order valence-electron chi connectivity index (χ1n) is 25.7. The molecule has 9 rings (SSSR count). The summed E-state index contributed by atoms with van der Waals surface area (Å²) in [6, 6.07) is 35.6. The van der Waals surface area contributed by atoms with Crippen LogP contribution in [0.5, 0.6) is 17.2 Å². The molecule has 2 N–H and O–H groups in total. The lowest BCUT2D eigenvalue weighted by atomic mass is 9.55. The van der Waals surface area contributed by atoms with E-state index in [-0.39, 0.29) is 80.9 Å². The molecule has 394 valence electrons. The number of unbranched alkanes of at least 4 members (excludes halogenated alkanes) is 2. The summed E-state index contributed by atoms with van der Waals surface area (Å²) in [5.41, 5.74) is 4.96. The number of nitro benzene ring substituents is 2. The van der Waals surface area contributed by atoms with E-state index in [4.69, 9.17) is 28.9 Å². The first kappa shape index (κ1) is 52.9. The number of hydrogen-bond acceptors (Lipinski definition) is 14. The van der Waals surface area contributed by atoms with E-state index in [0.29, 0.717) is 48.5 Å². The number of pyridine rings is 1. The Morgan fingerprint density at radius 3 is 2.28 bits per heavy atom. The molecule has 2 aliphatic carbocycles. The standard InChI is InChI=1S/C59H61N5O12/c1-3-32-73-59-55(62(36-43-16-11-15-41-13-4-5-18-49(41)43)58(67)75-47-26-24-46(25-27-47)64(70)71)35-53(61-74-37-40-20-22-45(23-21-40)63(68)69)51-33-42(14-6-8-30-65)50(19-7-9-31-66)56(57(51)59)52-34-48(28-29-54(52)76-59)72-38-44-17-10-12-39(2)60-44/h3-5,10-13,15-18,20-29,33-34,42,50,55-57,65-66H,1,6-9,14,19,30-32,35-38H2,2H3/t42-,50+,55-,56+,57+,59+/m0/s1. The second-order valence-corrected chi connectivity index (χ2v) is 19.4. The highest BCUT2D eigenvalue weighted by atomic mass is 16.7. The fourth-order valence-electron chi connectivity index (χ4n) is 11.2. The first-order valence-corrected chi connectivity index (χ1v) is 25.7. The van der Waals surface area contributed by atoms with Crippen LogP contribution in [0.15, 0.2) is 157 Å². The molecule has 1 saturated carbocycles. The van der Waals surface area contributed by atoms with E-state index in [0.717, 1.165) is 51.7 Å². The number of benzene rings is 5. The van der Waals surface area contributed by atoms with Crippen LogP contribution in [0.3, 0.4) is 0 Å². The van der Waals surface area contributed by atoms with Gasteiger partial charge in [0.25, 0.3) is 11.4 Å². The molecule has 0 spiro atoms. The van der Waals surface area contributed by atoms with Gasteiger partial charge in [-0.2, -0.15) is 0 Å². The lowest BCUT2D eigenvalue weighted by Gasteiger charge is -2.59. The van der Waals surface area contributed by atoms with Gasteiger partial charge in [-0.15, -0.1) is 6.58 Å². The van der Waals surface area contributed by atoms with Crippen LogP contribution in [0.2, 0.25) is 0 Å². The number of carbonyl (C=O) groups is 1. The lowest BCUT2D eigenvalue weighted by molar-refractivity contribution is -0.385. The number of non-ortho nitro benzene ring substituents is 2. The van der Waals surface area contributed by atoms with E-state index in [9.17, 15) is 30.4 Å². The van der Waals surface area contributed by atoms with E-state index in [1.807, 2.05) is 85.8 Å². The van der Waals surface area contributed by atoms with Gasteiger partial charge in [-0.25, -0.2) is 4.79 Å². The number of fused-ring (bicyclic) bond motifs is 3. The molecule has 17 nitrogen and oxygen atoms in total. The fraction of sp³-hybridized carbons (Fsp3) is 0.339. The minimum atomic E-state index is -1.67. The number of nitro groups is 2. The average molecular weight is 1030 g/mol. The molecule has 1 aliphatic heterocycles. The van der Waals surface area contributed by atoms with Gasteiger partial charge in [-0.05, 0) is 127 Å². The Hall–Kier alpha value is -7.99. The van der Waals surface area contributed by atoms with Crippen LogP contribution in [0.1, 0.15) is 78.9 Å². The molecule has 17 heteroatoms. The van der Waals surface area contributed by atoms with Gasteiger partial charge in [-0.3, -0.25) is 30.1 Å². The topological polar surface area (TPSA) is 218 Å². The number of aromatic nitrogens is 1. The van der Waals surface area contributed by atoms with Crippen molar-refractivity contribution >= 4 is 34.0 Å². The fourth-order valence-corrected chi connectivity index (χ4v) is 11.2. The predicted molar refractivity (Wildman–Crippen MR) is 285 cm³/mol. The Bertz CT molecular complexity index is 3100. The summed E-state index contributed by atoms with van der Waals surface area (Å²) in [7, 11) is 0. The first-order chi connectivity index (χ1) is 37.0. The monoisotopic (exact) mass is 1030 g/mol. The van der Waals surface area contributed by atoms with Gasteiger partial charge in [0, 0.05) is 61.1 Å². The number of amides is 1. The van der Waals surface area contributed by atoms with Gasteiger partial charge in [-0.1, -0.05) is 78.7 Å². The molecule has 1 aromatic heterocycles. The maximum Gasteiger partial charge on any atom is 0.416 e. The zero-order valence-corrected chi connectivity index (χ0v) is 42.3. The Balaban J connectivity index is 1.25. The van der Waals surface area contributed by atoms with Gasteiger partial charge in [0.1, 0.15) is 36.5 Å². The molecular weight excluding hydrogens is 971 g/mol. The molecule has 5 aromatic carbocycles. The number of rotatable bonds is 23. The number of aliphatic hydroxyl groups is 2. The van der Waals surface area contributed by atoms with Crippen molar-refractivity contribution in [3.8, 4) is 17.2 Å². The average Bonchev–Trinajstić information content (AvgIpc) is 3.51. The summed E-state index contributed by atoms with van der Waals surface area (Å²) in [5, 5.41) is 50.2. The number of aryl methyl sites for hydroxylation is 1. The zero-order valence-electron chi connectivity index (χ0n) is 42.3. The van der Waals surface area contributed by atoms with Gasteiger partial charge >= 0.3 is 6.09 Å². The van der Waals surface area contributed by atoms with E-state index >= 15 is 4.79 Å². The molecule has 1 fully saturated rings. The molecule has 0 bridgehead atoms. The van der Waals surface area contributed by atoms with Crippen molar-refractivity contribution in [1.82, 2.24) is 9.88 Å². The molecule has 0 unspecified atom stereocenters. The van der Waals surface area contributed by atoms with Crippen LogP contribution in [0.4, 0.5) is 16.2 Å². The van der Waals surface area contributed by atoms with Gasteiger partial charge < -0.3 is 34.0 Å². The summed E-state index contributed by atoms with van der Waals surface area (Å²) in [4.78, 5) is 50.2. The van der Waals surface area contributed by atoms with Crippen molar-refractivity contribution in [2.24, 2.45) is 22.9 Å². The second kappa shape index (κ2) is 24.1. The van der Waals surface area contributed by atoms with Crippen LogP contribution >= 0.6 is 0 Å². The highest BCUT2D eigenvalue weighted by Gasteiger charge is 2.66. The summed E-state index contributed by atoms with van der Waals surface area (Å²) < 4.78 is 27.4. The largest absolute Gasteiger partial charge is 0.487 e. The van der Waals surface area contributed by atoms with E-state index in [1.54, 1.807) is 23.1 Å². The SMILES string of the molecule is C=CCO[C@@]12Oc3ccc(OCc4cccc(C)n4)cc3[C@H]3[C@H](CCCCO)[C@@H](CCCCO)C=C(C(=NOCc4ccc([N+](=O)[O-])cc4)C[C@@H]1N(Cc1cccc4ccccc14)C(=O)Oc1ccc([N+](=O)[O-])cc1)[C@H]32. The number of allylic oxidation sites excluding steroid dienone is 1. The third-order valence-corrected chi connectivity index (χ3v) is 14.6. The maximum absolute atomic E-state index is 15.5. The molecule has 0 radical (unpaired) electrons. The van der Waals surface area contributed by atoms with Crippen LogP contribution in [0, 0.1) is 44.9 Å². The van der Waals surface area contributed by atoms with E-state index in [1.165, 1.54) is 36.4 Å². The Morgan fingerprint density at radius 2 is 1.55 bits per heavy atom. The van der Waals surface area contributed by atoms with Gasteiger partial charge in [0.2, 0.25) is 5.79 Å². The summed E-state index contributed by atoms with van der Waals surface area (Å²) in [5.74, 6) is -1.74. The van der Waals surface area contributed by atoms with Gasteiger partial charge in [0.15, 0.2) is 0 Å². The Kier molecular flexibility index (Phi) is 16.8. The quantitative estimate of drug-likeness (QED) is 0.0264. The number of hydrogen-bond donors (Lipinski definition) is 2. The van der Waals surface area contributed by atoms with Crippen molar-refractivity contribution < 1.29 is 48.6 Å². The van der Waals surface area contributed by atoms with Gasteiger partial charge in [0.05, 0.1) is 40.3 Å². The van der Waals surface area contributed by atoms with E-state index < -0.39 is 33.7 Å². The number of carbonyl (C=O) groups excluding carboxylic acids is 1. The van der Waals surface area contributed by atoms with Crippen LogP contribution in [0.25, 0.3) is 10.8 Å². The van der Waals surface area contributed by atoms with Crippen LogP contribution < -0.4 is 14.2 Å². The summed E-state index contributed by atoms with van der Waals surface area (Å²) in [6.45, 7) is 6.21. The Labute approximate surface area is 440 Å². The number of oxime groups is 1. The number of ether oxygens (including phenoxy) is 4. The molecule has 2 heterocycles. The number of aliphatic hydroxyl groups excluding tert-OH is 2. The molecule has 0 saturated heterocycles. The van der Waals surface area contributed by atoms with E-state index in [2.05, 4.69) is 17.6 Å². The van der Waals surface area contributed by atoms with Crippen LogP contribution in [-0.2, 0) is 29.3 Å². The van der Waals surface area contributed by atoms with Crippen LogP contribution in [-0.4, -0.2) is 73.4 Å². The minimum absolute atomic E-state index is 0.00472. The predicted octanol–water partition coefficient (Wildman–Crippen LogP) is 11.5. The highest BCUT2D eigenvalue weighted by molar-refractivity contribution is 6.03. The molecule has 3 aliphatic rings. The lowest BCUT2D eigenvalue weighted by Crippen LogP contribution is -2.70. The normalized spacial score (nSPS) is 20.9. The third-order valence-electron chi connectivity index (χ3n) is 14.6. The second-order valence-electron chi connectivity index (χ2n) is 19.4. The third kappa shape index (κ3) is 11.6. The molecular formula is C59H61N5O12. The smallest absolute Gasteiger partial charge is 0.416 e. The molecule has 1 amide bonds. The van der Waals surface area contributed by atoms with Crippen molar-refractivity contribution in [1.29, 1.82) is 0 Å². The minimum Gasteiger partial charge on any atom is -0.487 e. The molecule has 6 atom stereocenters. The molecule has 6 aromatic rings. The zero-order chi connectivity index (χ0) is 53.2. The molecule has 76 heavy (non-hydrogen) atoms. The highest BCUT2D eigenvalue weighted by Crippen LogP contribution is 2.62.